The molecular formula is C14H18N2O4S. The molecule has 0 bridgehead atoms. The van der Waals surface area contributed by atoms with Gasteiger partial charge in [0.25, 0.3) is 0 Å². The molecule has 0 atom stereocenters. The molecule has 0 saturated heterocycles. The number of sulfonamides is 1. The Morgan fingerprint density at radius 2 is 1.76 bits per heavy atom. The molecule has 1 amide bonds. The summed E-state index contributed by atoms with van der Waals surface area (Å²) >= 11 is 0. The van der Waals surface area contributed by atoms with Crippen LogP contribution in [0.15, 0.2) is 29.2 Å². The van der Waals surface area contributed by atoms with Crippen LogP contribution in [0.5, 0.6) is 0 Å². The molecule has 1 rings (SSSR count). The summed E-state index contributed by atoms with van der Waals surface area (Å²) in [6, 6.07) is 5.95. The first-order valence-electron chi connectivity index (χ1n) is 6.15. The van der Waals surface area contributed by atoms with Crippen LogP contribution in [0.1, 0.15) is 5.56 Å². The number of nitrogens with zero attached hydrogens (tertiary/aromatic N) is 2. The Kier molecular flexibility index (Phi) is 5.90. The number of amides is 1. The third-order valence-electron chi connectivity index (χ3n) is 2.73. The zero-order valence-electron chi connectivity index (χ0n) is 12.2. The third-order valence-corrected chi connectivity index (χ3v) is 4.55. The highest BCUT2D eigenvalue weighted by Crippen LogP contribution is 2.15. The fraction of sp³-hybridized carbons (Fsp3) is 0.357. The van der Waals surface area contributed by atoms with Crippen molar-refractivity contribution in [3.8, 4) is 11.8 Å². The Morgan fingerprint density at radius 1 is 1.19 bits per heavy atom. The number of rotatable bonds is 4. The van der Waals surface area contributed by atoms with Gasteiger partial charge < -0.3 is 10.0 Å². The van der Waals surface area contributed by atoms with Gasteiger partial charge in [0.15, 0.2) is 0 Å². The van der Waals surface area contributed by atoms with Crippen molar-refractivity contribution in [1.29, 1.82) is 0 Å². The maximum Gasteiger partial charge on any atom is 0.243 e. The minimum atomic E-state index is -3.72. The smallest absolute Gasteiger partial charge is 0.243 e. The molecule has 21 heavy (non-hydrogen) atoms. The highest BCUT2D eigenvalue weighted by atomic mass is 32.2. The minimum absolute atomic E-state index is 0.0890. The third kappa shape index (κ3) is 4.56. The van der Waals surface area contributed by atoms with Crippen LogP contribution in [-0.2, 0) is 14.8 Å². The summed E-state index contributed by atoms with van der Waals surface area (Å²) in [5.74, 6) is 4.86. The molecule has 114 valence electrons. The lowest BCUT2D eigenvalue weighted by Gasteiger charge is -2.19. The van der Waals surface area contributed by atoms with Crippen LogP contribution in [0.25, 0.3) is 0 Å². The van der Waals surface area contributed by atoms with E-state index in [1.165, 1.54) is 24.1 Å². The lowest BCUT2D eigenvalue weighted by Crippen LogP contribution is -2.37. The first-order chi connectivity index (χ1) is 9.78. The van der Waals surface area contributed by atoms with Crippen LogP contribution in [0.3, 0.4) is 0 Å². The van der Waals surface area contributed by atoms with Gasteiger partial charge in [-0.15, -0.1) is 0 Å². The molecule has 0 heterocycles. The van der Waals surface area contributed by atoms with Crippen molar-refractivity contribution in [3.05, 3.63) is 29.8 Å². The zero-order chi connectivity index (χ0) is 16.0. The molecule has 1 aromatic rings. The second-order valence-corrected chi connectivity index (χ2v) is 6.58. The molecule has 0 fully saturated rings. The van der Waals surface area contributed by atoms with Crippen LogP contribution in [0.2, 0.25) is 0 Å². The number of aliphatic hydroxyl groups excluding tert-OH is 1. The molecule has 1 N–H and O–H groups in total. The predicted molar refractivity (Wildman–Crippen MR) is 78.9 cm³/mol. The molecule has 0 radical (unpaired) electrons. The van der Waals surface area contributed by atoms with Crippen molar-refractivity contribution in [2.45, 2.75) is 4.90 Å². The van der Waals surface area contributed by atoms with E-state index >= 15 is 0 Å². The zero-order valence-corrected chi connectivity index (χ0v) is 13.0. The fourth-order valence-electron chi connectivity index (χ4n) is 1.45. The van der Waals surface area contributed by atoms with Crippen LogP contribution in [0, 0.1) is 11.8 Å². The molecule has 0 aliphatic rings. The van der Waals surface area contributed by atoms with Crippen molar-refractivity contribution < 1.29 is 18.3 Å². The van der Waals surface area contributed by atoms with E-state index in [-0.39, 0.29) is 24.0 Å². The second kappa shape index (κ2) is 7.22. The molecule has 0 saturated carbocycles. The monoisotopic (exact) mass is 310 g/mol. The van der Waals surface area contributed by atoms with Crippen molar-refractivity contribution in [3.63, 3.8) is 0 Å². The first kappa shape index (κ1) is 17.2. The van der Waals surface area contributed by atoms with Gasteiger partial charge in [-0.3, -0.25) is 4.79 Å². The maximum atomic E-state index is 12.3. The van der Waals surface area contributed by atoms with E-state index in [0.717, 1.165) is 4.31 Å². The fourth-order valence-corrected chi connectivity index (χ4v) is 2.57. The van der Waals surface area contributed by atoms with Crippen LogP contribution in [-0.4, -0.2) is 62.9 Å². The van der Waals surface area contributed by atoms with E-state index in [2.05, 4.69) is 11.8 Å². The highest BCUT2D eigenvalue weighted by Gasteiger charge is 2.23. The number of benzene rings is 1. The lowest BCUT2D eigenvalue weighted by atomic mass is 10.2. The van der Waals surface area contributed by atoms with Gasteiger partial charge in [-0.25, -0.2) is 8.42 Å². The van der Waals surface area contributed by atoms with Gasteiger partial charge in [-0.05, 0) is 24.3 Å². The summed E-state index contributed by atoms with van der Waals surface area (Å²) in [6.45, 7) is -0.475. The largest absolute Gasteiger partial charge is 0.384 e. The maximum absolute atomic E-state index is 12.3. The molecule has 0 aromatic heterocycles. The average molecular weight is 310 g/mol. The number of carbonyl (C=O) groups excluding carboxylic acids is 1. The van der Waals surface area contributed by atoms with Crippen molar-refractivity contribution >= 4 is 15.9 Å². The van der Waals surface area contributed by atoms with Gasteiger partial charge in [0.05, 0.1) is 11.4 Å². The predicted octanol–water partition coefficient (Wildman–Crippen LogP) is -0.261. The van der Waals surface area contributed by atoms with Crippen molar-refractivity contribution in [2.24, 2.45) is 0 Å². The van der Waals surface area contributed by atoms with Gasteiger partial charge in [-0.2, -0.15) is 4.31 Å². The van der Waals surface area contributed by atoms with Gasteiger partial charge in [-0.1, -0.05) is 11.8 Å². The van der Waals surface area contributed by atoms with Gasteiger partial charge in [0, 0.05) is 26.7 Å². The summed E-state index contributed by atoms with van der Waals surface area (Å²) in [5, 5.41) is 8.60. The van der Waals surface area contributed by atoms with Crippen LogP contribution >= 0.6 is 0 Å². The molecule has 0 unspecified atom stereocenters. The van der Waals surface area contributed by atoms with E-state index in [4.69, 9.17) is 5.11 Å². The van der Waals surface area contributed by atoms with Gasteiger partial charge in [0.2, 0.25) is 15.9 Å². The van der Waals surface area contributed by atoms with Gasteiger partial charge >= 0.3 is 0 Å². The lowest BCUT2D eigenvalue weighted by molar-refractivity contribution is -0.128. The molecule has 7 heteroatoms. The quantitative estimate of drug-likeness (QED) is 0.777. The topological polar surface area (TPSA) is 77.9 Å². The summed E-state index contributed by atoms with van der Waals surface area (Å²) in [5.41, 5.74) is 0.607. The Hall–Kier alpha value is -1.88. The van der Waals surface area contributed by atoms with Gasteiger partial charge in [0.1, 0.15) is 6.61 Å². The SMILES string of the molecule is CN(C)C(=O)CN(C)S(=O)(=O)c1ccc(C#CCO)cc1. The number of carbonyl (C=O) groups is 1. The molecule has 0 spiro atoms. The number of hydrogen-bond acceptors (Lipinski definition) is 4. The van der Waals surface area contributed by atoms with E-state index < -0.39 is 10.0 Å². The summed E-state index contributed by atoms with van der Waals surface area (Å²) < 4.78 is 25.6. The summed E-state index contributed by atoms with van der Waals surface area (Å²) in [4.78, 5) is 13.0. The van der Waals surface area contributed by atoms with Crippen LogP contribution in [0.4, 0.5) is 0 Å². The first-order valence-corrected chi connectivity index (χ1v) is 7.59. The summed E-state index contributed by atoms with van der Waals surface area (Å²) in [6.07, 6.45) is 0. The Labute approximate surface area is 125 Å². The molecule has 1 aromatic carbocycles. The minimum Gasteiger partial charge on any atom is -0.384 e. The Bertz CT molecular complexity index is 654. The van der Waals surface area contributed by atoms with Crippen LogP contribution < -0.4 is 0 Å². The molecular weight excluding hydrogens is 292 g/mol. The van der Waals surface area contributed by atoms with E-state index in [1.54, 1.807) is 26.2 Å². The standard InChI is InChI=1S/C14H18N2O4S/c1-15(2)14(18)11-16(3)21(19,20)13-8-6-12(7-9-13)5-4-10-17/h6-9,17H,10-11H2,1-3H3. The average Bonchev–Trinajstić information content (AvgIpc) is 2.45. The van der Waals surface area contributed by atoms with E-state index in [9.17, 15) is 13.2 Å². The van der Waals surface area contributed by atoms with Crippen molar-refractivity contribution in [2.75, 3.05) is 34.3 Å². The van der Waals surface area contributed by atoms with Crippen molar-refractivity contribution in [1.82, 2.24) is 9.21 Å². The number of aliphatic hydroxyl groups is 1. The van der Waals surface area contributed by atoms with E-state index in [1.807, 2.05) is 0 Å². The Balaban J connectivity index is 2.94. The molecule has 6 nitrogen and oxygen atoms in total. The van der Waals surface area contributed by atoms with E-state index in [0.29, 0.717) is 5.56 Å². The molecule has 0 aliphatic carbocycles. The summed E-state index contributed by atoms with van der Waals surface area (Å²) in [7, 11) is 0.775. The highest BCUT2D eigenvalue weighted by molar-refractivity contribution is 7.89. The second-order valence-electron chi connectivity index (χ2n) is 4.53. The molecule has 0 aliphatic heterocycles. The number of hydrogen-bond donors (Lipinski definition) is 1. The number of likely N-dealkylation sites (N-methyl/N-ethyl adjacent to an activating group) is 2. The normalized spacial score (nSPS) is 10.9. The Morgan fingerprint density at radius 3 is 2.24 bits per heavy atom.